The van der Waals surface area contributed by atoms with Crippen LogP contribution in [0.15, 0.2) is 0 Å². The fourth-order valence-corrected chi connectivity index (χ4v) is 1.99. The first-order valence-electron chi connectivity index (χ1n) is 7.09. The minimum absolute atomic E-state index is 0.0388. The van der Waals surface area contributed by atoms with Gasteiger partial charge in [0, 0.05) is 33.2 Å². The molecule has 0 heterocycles. The minimum atomic E-state index is -0.938. The van der Waals surface area contributed by atoms with E-state index in [9.17, 15) is 14.7 Å². The Morgan fingerprint density at radius 3 is 2.30 bits per heavy atom. The predicted octanol–water partition coefficient (Wildman–Crippen LogP) is 0.962. The molecule has 0 unspecified atom stereocenters. The standard InChI is InChI=1S/C14H28N2O4/c1-5-14(6-2,13(18)19)11-12(17)15-7-8-16(3)9-10-20-4/h5-11H2,1-4H3,(H,15,17)(H,18,19). The Kier molecular flexibility index (Phi) is 9.16. The maximum atomic E-state index is 11.9. The van der Waals surface area contributed by atoms with Crippen molar-refractivity contribution >= 4 is 11.9 Å². The molecule has 2 N–H and O–H groups in total. The van der Waals surface area contributed by atoms with Crippen LogP contribution in [-0.2, 0) is 14.3 Å². The normalized spacial score (nSPS) is 11.7. The minimum Gasteiger partial charge on any atom is -0.481 e. The summed E-state index contributed by atoms with van der Waals surface area (Å²) in [7, 11) is 3.60. The first kappa shape index (κ1) is 18.9. The van der Waals surface area contributed by atoms with Crippen LogP contribution in [0.3, 0.4) is 0 Å². The van der Waals surface area contributed by atoms with Crippen molar-refractivity contribution in [2.75, 3.05) is 40.4 Å². The summed E-state index contributed by atoms with van der Waals surface area (Å²) in [5, 5.41) is 12.1. The highest BCUT2D eigenvalue weighted by Crippen LogP contribution is 2.30. The van der Waals surface area contributed by atoms with E-state index in [1.165, 1.54) is 0 Å². The number of hydrogen-bond donors (Lipinski definition) is 2. The van der Waals surface area contributed by atoms with E-state index in [4.69, 9.17) is 4.74 Å². The molecule has 0 aromatic rings. The van der Waals surface area contributed by atoms with Gasteiger partial charge in [0.1, 0.15) is 0 Å². The molecule has 0 spiro atoms. The van der Waals surface area contributed by atoms with Crippen molar-refractivity contribution < 1.29 is 19.4 Å². The van der Waals surface area contributed by atoms with Crippen molar-refractivity contribution in [3.63, 3.8) is 0 Å². The fraction of sp³-hybridized carbons (Fsp3) is 0.857. The SMILES string of the molecule is CCC(CC)(CC(=O)NCCN(C)CCOC)C(=O)O. The third-order valence-corrected chi connectivity index (χ3v) is 3.80. The molecule has 0 aliphatic carbocycles. The van der Waals surface area contributed by atoms with E-state index in [0.717, 1.165) is 6.54 Å². The van der Waals surface area contributed by atoms with Gasteiger partial charge >= 0.3 is 5.97 Å². The van der Waals surface area contributed by atoms with Crippen molar-refractivity contribution in [3.05, 3.63) is 0 Å². The molecular weight excluding hydrogens is 260 g/mol. The second kappa shape index (κ2) is 9.72. The number of ether oxygens (including phenoxy) is 1. The summed E-state index contributed by atoms with van der Waals surface area (Å²) in [4.78, 5) is 25.2. The van der Waals surface area contributed by atoms with Crippen molar-refractivity contribution in [2.24, 2.45) is 5.41 Å². The van der Waals surface area contributed by atoms with Gasteiger partial charge in [0.15, 0.2) is 0 Å². The highest BCUT2D eigenvalue weighted by atomic mass is 16.5. The zero-order valence-corrected chi connectivity index (χ0v) is 13.1. The Hall–Kier alpha value is -1.14. The van der Waals surface area contributed by atoms with Gasteiger partial charge in [-0.05, 0) is 19.9 Å². The molecule has 0 rings (SSSR count). The highest BCUT2D eigenvalue weighted by molar-refractivity contribution is 5.84. The highest BCUT2D eigenvalue weighted by Gasteiger charge is 2.36. The zero-order chi connectivity index (χ0) is 15.6. The third kappa shape index (κ3) is 6.34. The summed E-state index contributed by atoms with van der Waals surface area (Å²) in [6.45, 7) is 6.30. The van der Waals surface area contributed by atoms with E-state index in [1.54, 1.807) is 7.11 Å². The smallest absolute Gasteiger partial charge is 0.310 e. The van der Waals surface area contributed by atoms with Gasteiger partial charge in [0.2, 0.25) is 5.91 Å². The lowest BCUT2D eigenvalue weighted by Gasteiger charge is -2.26. The number of rotatable bonds is 11. The lowest BCUT2D eigenvalue weighted by Crippen LogP contribution is -2.39. The number of aliphatic carboxylic acids is 1. The molecule has 0 bridgehead atoms. The van der Waals surface area contributed by atoms with Crippen LogP contribution in [-0.4, -0.2) is 62.3 Å². The number of carbonyl (C=O) groups excluding carboxylic acids is 1. The number of likely N-dealkylation sites (N-methyl/N-ethyl adjacent to an activating group) is 1. The molecule has 0 fully saturated rings. The Morgan fingerprint density at radius 2 is 1.85 bits per heavy atom. The number of amides is 1. The van der Waals surface area contributed by atoms with Crippen molar-refractivity contribution in [1.82, 2.24) is 10.2 Å². The number of methoxy groups -OCH3 is 1. The Labute approximate surface area is 121 Å². The van der Waals surface area contributed by atoms with E-state index < -0.39 is 11.4 Å². The molecule has 0 aliphatic rings. The summed E-state index contributed by atoms with van der Waals surface area (Å²) < 4.78 is 4.97. The average Bonchev–Trinajstić information content (AvgIpc) is 2.42. The molecule has 0 aromatic heterocycles. The molecule has 6 nitrogen and oxygen atoms in total. The van der Waals surface area contributed by atoms with Crippen molar-refractivity contribution in [2.45, 2.75) is 33.1 Å². The van der Waals surface area contributed by atoms with Crippen LogP contribution in [0.2, 0.25) is 0 Å². The second-order valence-corrected chi connectivity index (χ2v) is 5.12. The van der Waals surface area contributed by atoms with E-state index in [2.05, 4.69) is 5.32 Å². The van der Waals surface area contributed by atoms with E-state index in [1.807, 2.05) is 25.8 Å². The van der Waals surface area contributed by atoms with Gasteiger partial charge in [-0.2, -0.15) is 0 Å². The van der Waals surface area contributed by atoms with Crippen molar-refractivity contribution in [3.8, 4) is 0 Å². The molecule has 0 saturated heterocycles. The van der Waals surface area contributed by atoms with Gasteiger partial charge in [-0.3, -0.25) is 9.59 Å². The van der Waals surface area contributed by atoms with Crippen molar-refractivity contribution in [1.29, 1.82) is 0 Å². The van der Waals surface area contributed by atoms with Gasteiger partial charge in [0.25, 0.3) is 0 Å². The first-order valence-corrected chi connectivity index (χ1v) is 7.09. The Balaban J connectivity index is 4.12. The molecule has 0 aromatic carbocycles. The largest absolute Gasteiger partial charge is 0.481 e. The van der Waals surface area contributed by atoms with Crippen LogP contribution in [0.4, 0.5) is 0 Å². The van der Waals surface area contributed by atoms with Crippen LogP contribution in [0.25, 0.3) is 0 Å². The monoisotopic (exact) mass is 288 g/mol. The molecule has 6 heteroatoms. The van der Waals surface area contributed by atoms with Gasteiger partial charge in [-0.15, -0.1) is 0 Å². The number of hydrogen-bond acceptors (Lipinski definition) is 4. The molecule has 1 amide bonds. The number of nitrogens with zero attached hydrogens (tertiary/aromatic N) is 1. The molecule has 0 saturated carbocycles. The summed E-state index contributed by atoms with van der Waals surface area (Å²) in [6, 6.07) is 0. The second-order valence-electron chi connectivity index (χ2n) is 5.12. The molecule has 0 atom stereocenters. The van der Waals surface area contributed by atoms with Gasteiger partial charge in [-0.25, -0.2) is 0 Å². The number of nitrogens with one attached hydrogen (secondary N) is 1. The lowest BCUT2D eigenvalue weighted by atomic mass is 9.79. The zero-order valence-electron chi connectivity index (χ0n) is 13.1. The Morgan fingerprint density at radius 1 is 1.25 bits per heavy atom. The summed E-state index contributed by atoms with van der Waals surface area (Å²) in [6.07, 6.45) is 0.955. The summed E-state index contributed by atoms with van der Waals surface area (Å²) >= 11 is 0. The molecule has 0 radical (unpaired) electrons. The molecule has 0 aliphatic heterocycles. The first-order chi connectivity index (χ1) is 9.41. The van der Waals surface area contributed by atoms with Gasteiger partial charge < -0.3 is 20.1 Å². The molecule has 20 heavy (non-hydrogen) atoms. The number of carboxylic acids is 1. The maximum Gasteiger partial charge on any atom is 0.310 e. The average molecular weight is 288 g/mol. The van der Waals surface area contributed by atoms with E-state index in [0.29, 0.717) is 32.5 Å². The van der Waals surface area contributed by atoms with Crippen LogP contribution in [0, 0.1) is 5.41 Å². The third-order valence-electron chi connectivity index (χ3n) is 3.80. The number of carbonyl (C=O) groups is 2. The van der Waals surface area contributed by atoms with E-state index in [-0.39, 0.29) is 12.3 Å². The van der Waals surface area contributed by atoms with Crippen LogP contribution >= 0.6 is 0 Å². The maximum absolute atomic E-state index is 11.9. The van der Waals surface area contributed by atoms with Crippen LogP contribution in [0.1, 0.15) is 33.1 Å². The van der Waals surface area contributed by atoms with E-state index >= 15 is 0 Å². The van der Waals surface area contributed by atoms with Gasteiger partial charge in [-0.1, -0.05) is 13.8 Å². The summed E-state index contributed by atoms with van der Waals surface area (Å²) in [5.74, 6) is -1.09. The number of carboxylic acid groups (broad SMARTS) is 1. The van der Waals surface area contributed by atoms with Crippen LogP contribution in [0.5, 0.6) is 0 Å². The molecule has 118 valence electrons. The van der Waals surface area contributed by atoms with Gasteiger partial charge in [0.05, 0.1) is 12.0 Å². The Bertz CT molecular complexity index is 304. The lowest BCUT2D eigenvalue weighted by molar-refractivity contribution is -0.152. The fourth-order valence-electron chi connectivity index (χ4n) is 1.99. The van der Waals surface area contributed by atoms with Crippen LogP contribution < -0.4 is 5.32 Å². The molecular formula is C14H28N2O4. The summed E-state index contributed by atoms with van der Waals surface area (Å²) in [5.41, 5.74) is -0.938. The quantitative estimate of drug-likeness (QED) is 0.592. The predicted molar refractivity (Wildman–Crippen MR) is 77.7 cm³/mol. The topological polar surface area (TPSA) is 78.9 Å².